The smallest absolute Gasteiger partial charge is 0.419 e. The van der Waals surface area contributed by atoms with Crippen molar-refractivity contribution in [1.82, 2.24) is 4.90 Å². The normalized spacial score (nSPS) is 16.9. The molecular formula is C34H46ClN3O7. The monoisotopic (exact) mass is 643 g/mol. The number of fused-ring (bicyclic) bond motifs is 2. The number of hydrogen-bond acceptors (Lipinski definition) is 8. The molecule has 10 nitrogen and oxygen atoms in total. The molecule has 1 saturated heterocycles. The maximum atomic E-state index is 14.0. The van der Waals surface area contributed by atoms with Gasteiger partial charge in [-0.2, -0.15) is 0 Å². The summed E-state index contributed by atoms with van der Waals surface area (Å²) in [5.74, 6) is -0.133. The zero-order valence-corrected chi connectivity index (χ0v) is 28.0. The van der Waals surface area contributed by atoms with Crippen LogP contribution in [0.5, 0.6) is 0 Å². The molecule has 2 aromatic carbocycles. The van der Waals surface area contributed by atoms with Crippen molar-refractivity contribution < 1.29 is 33.3 Å². The van der Waals surface area contributed by atoms with E-state index in [9.17, 15) is 14.4 Å². The van der Waals surface area contributed by atoms with E-state index in [0.29, 0.717) is 49.7 Å². The first-order valence-corrected chi connectivity index (χ1v) is 16.1. The zero-order valence-electron chi connectivity index (χ0n) is 27.3. The van der Waals surface area contributed by atoms with Gasteiger partial charge in [0.1, 0.15) is 11.2 Å². The second-order valence-corrected chi connectivity index (χ2v) is 13.7. The Morgan fingerprint density at radius 1 is 0.889 bits per heavy atom. The average Bonchev–Trinajstić information content (AvgIpc) is 3.04. The summed E-state index contributed by atoms with van der Waals surface area (Å²) in [7, 11) is 0. The lowest BCUT2D eigenvalue weighted by atomic mass is 10.1. The van der Waals surface area contributed by atoms with Crippen LogP contribution in [0.25, 0.3) is 0 Å². The Hall–Kier alpha value is -3.34. The second kappa shape index (κ2) is 14.8. The molecule has 246 valence electrons. The Morgan fingerprint density at radius 2 is 1.58 bits per heavy atom. The van der Waals surface area contributed by atoms with Crippen LogP contribution >= 0.6 is 11.6 Å². The molecule has 2 heterocycles. The van der Waals surface area contributed by atoms with Gasteiger partial charge in [-0.25, -0.2) is 14.5 Å². The molecule has 45 heavy (non-hydrogen) atoms. The topological polar surface area (TPSA) is 97.9 Å². The molecule has 1 atom stereocenters. The van der Waals surface area contributed by atoms with E-state index in [1.807, 2.05) is 36.4 Å². The van der Waals surface area contributed by atoms with Crippen LogP contribution in [0.1, 0.15) is 84.0 Å². The molecule has 0 aliphatic carbocycles. The highest BCUT2D eigenvalue weighted by Crippen LogP contribution is 2.42. The molecule has 0 N–H and O–H groups in total. The van der Waals surface area contributed by atoms with E-state index >= 15 is 0 Å². The van der Waals surface area contributed by atoms with Crippen molar-refractivity contribution in [3.8, 4) is 0 Å². The van der Waals surface area contributed by atoms with Crippen LogP contribution in [0, 0.1) is 0 Å². The summed E-state index contributed by atoms with van der Waals surface area (Å²) in [4.78, 5) is 44.7. The predicted octanol–water partition coefficient (Wildman–Crippen LogP) is 7.93. The Morgan fingerprint density at radius 3 is 2.22 bits per heavy atom. The first-order chi connectivity index (χ1) is 21.2. The highest BCUT2D eigenvalue weighted by atomic mass is 35.5. The molecule has 0 spiro atoms. The van der Waals surface area contributed by atoms with E-state index in [1.165, 1.54) is 0 Å². The average molecular weight is 644 g/mol. The number of ether oxygens (including phenoxy) is 4. The Kier molecular flexibility index (Phi) is 11.4. The number of para-hydroxylation sites is 1. The van der Waals surface area contributed by atoms with Gasteiger partial charge >= 0.3 is 12.2 Å². The molecule has 0 aromatic heterocycles. The Balaban J connectivity index is 1.54. The van der Waals surface area contributed by atoms with Crippen LogP contribution in [0.3, 0.4) is 0 Å². The van der Waals surface area contributed by atoms with E-state index < -0.39 is 23.4 Å². The summed E-state index contributed by atoms with van der Waals surface area (Å²) in [6.45, 7) is 12.4. The summed E-state index contributed by atoms with van der Waals surface area (Å²) in [6.07, 6.45) is 2.23. The maximum absolute atomic E-state index is 14.0. The number of rotatable bonds is 9. The fraction of sp³-hybridized carbons (Fsp3) is 0.559. The molecule has 0 bridgehead atoms. The zero-order chi connectivity index (χ0) is 32.8. The van der Waals surface area contributed by atoms with Crippen molar-refractivity contribution in [2.24, 2.45) is 0 Å². The molecule has 0 radical (unpaired) electrons. The van der Waals surface area contributed by atoms with Gasteiger partial charge in [-0.1, -0.05) is 23.7 Å². The fourth-order valence-electron chi connectivity index (χ4n) is 5.23. The number of unbranched alkanes of at least 4 members (excludes halogenated alkanes) is 1. The third kappa shape index (κ3) is 9.58. The minimum atomic E-state index is -0.775. The number of hydrogen-bond donors (Lipinski definition) is 0. The molecule has 1 fully saturated rings. The van der Waals surface area contributed by atoms with Crippen LogP contribution in [0.2, 0.25) is 5.02 Å². The summed E-state index contributed by atoms with van der Waals surface area (Å²) in [5.41, 5.74) is 1.26. The lowest BCUT2D eigenvalue weighted by molar-refractivity contribution is -0.160. The maximum Gasteiger partial charge on any atom is 0.419 e. The van der Waals surface area contributed by atoms with Crippen LogP contribution in [0.15, 0.2) is 42.5 Å². The molecule has 0 saturated carbocycles. The van der Waals surface area contributed by atoms with Crippen molar-refractivity contribution in [3.63, 3.8) is 0 Å². The van der Waals surface area contributed by atoms with E-state index in [-0.39, 0.29) is 18.7 Å². The van der Waals surface area contributed by atoms with Crippen molar-refractivity contribution >= 4 is 46.8 Å². The van der Waals surface area contributed by atoms with Gasteiger partial charge in [-0.3, -0.25) is 4.79 Å². The molecule has 11 heteroatoms. The van der Waals surface area contributed by atoms with E-state index in [1.54, 1.807) is 52.5 Å². The van der Waals surface area contributed by atoms with Gasteiger partial charge in [0.2, 0.25) is 0 Å². The third-order valence-electron chi connectivity index (χ3n) is 7.19. The molecule has 1 unspecified atom stereocenters. The van der Waals surface area contributed by atoms with E-state index in [4.69, 9.17) is 30.5 Å². The fourth-order valence-corrected chi connectivity index (χ4v) is 5.39. The number of halogens is 1. The van der Waals surface area contributed by atoms with Crippen LogP contribution in [-0.4, -0.2) is 73.3 Å². The molecule has 4 rings (SSSR count). The highest BCUT2D eigenvalue weighted by molar-refractivity contribution is 6.31. The number of anilines is 3. The molecule has 3 amide bonds. The summed E-state index contributed by atoms with van der Waals surface area (Å²) in [5, 5.41) is 0.540. The largest absolute Gasteiger partial charge is 0.443 e. The van der Waals surface area contributed by atoms with Gasteiger partial charge in [0.15, 0.2) is 6.29 Å². The highest BCUT2D eigenvalue weighted by Gasteiger charge is 2.33. The van der Waals surface area contributed by atoms with Gasteiger partial charge in [0, 0.05) is 31.3 Å². The molecular weight excluding hydrogens is 598 g/mol. The number of benzene rings is 2. The minimum absolute atomic E-state index is 0.105. The standard InChI is InChI=1S/C34H46ClN3O7/c1-33(2,3)44-31(40)38(32(41)45-34(4,5)6)19-11-10-18-36-26-14-8-7-13-25(26)30(39)37(27-17-16-24(35)23-28(27)36)20-22-43-29-15-9-12-21-42-29/h7-8,13-14,16-17,23,29H,9-12,15,18-22H2,1-6H3. The second-order valence-electron chi connectivity index (χ2n) is 13.2. The number of nitrogens with zero attached hydrogens (tertiary/aromatic N) is 3. The third-order valence-corrected chi connectivity index (χ3v) is 7.42. The minimum Gasteiger partial charge on any atom is -0.443 e. The Labute approximate surface area is 271 Å². The lowest BCUT2D eigenvalue weighted by Crippen LogP contribution is -2.44. The SMILES string of the molecule is CC(C)(C)OC(=O)N(CCCCN1c2ccccc2C(=O)N(CCOC2CCCCO2)c2ccc(Cl)cc21)C(=O)OC(C)(C)C. The van der Waals surface area contributed by atoms with Gasteiger partial charge in [-0.15, -0.1) is 0 Å². The van der Waals surface area contributed by atoms with Gasteiger partial charge in [0.25, 0.3) is 5.91 Å². The number of amides is 3. The van der Waals surface area contributed by atoms with Crippen molar-refractivity contribution in [2.75, 3.05) is 42.6 Å². The number of carbonyl (C=O) groups excluding carboxylic acids is 3. The first kappa shape index (κ1) is 34.5. The Bertz CT molecular complexity index is 1320. The van der Waals surface area contributed by atoms with Gasteiger partial charge in [-0.05, 0) is 104 Å². The number of imide groups is 1. The van der Waals surface area contributed by atoms with Crippen LogP contribution in [0.4, 0.5) is 26.7 Å². The summed E-state index contributed by atoms with van der Waals surface area (Å²) < 4.78 is 22.7. The summed E-state index contributed by atoms with van der Waals surface area (Å²) in [6, 6.07) is 13.0. The van der Waals surface area contributed by atoms with Crippen molar-refractivity contribution in [2.45, 2.75) is 91.1 Å². The summed E-state index contributed by atoms with van der Waals surface area (Å²) >= 11 is 6.51. The van der Waals surface area contributed by atoms with Crippen molar-refractivity contribution in [1.29, 1.82) is 0 Å². The molecule has 2 aliphatic heterocycles. The van der Waals surface area contributed by atoms with Crippen LogP contribution < -0.4 is 9.80 Å². The van der Waals surface area contributed by atoms with Crippen molar-refractivity contribution in [3.05, 3.63) is 53.1 Å². The van der Waals surface area contributed by atoms with Crippen LogP contribution in [-0.2, 0) is 18.9 Å². The first-order valence-electron chi connectivity index (χ1n) is 15.7. The van der Waals surface area contributed by atoms with Gasteiger partial charge < -0.3 is 28.7 Å². The van der Waals surface area contributed by atoms with E-state index in [0.717, 1.165) is 41.2 Å². The van der Waals surface area contributed by atoms with Gasteiger partial charge in [0.05, 0.1) is 29.2 Å². The predicted molar refractivity (Wildman–Crippen MR) is 175 cm³/mol. The number of carbonyl (C=O) groups is 3. The van der Waals surface area contributed by atoms with E-state index in [2.05, 4.69) is 4.90 Å². The molecule has 2 aromatic rings. The quantitative estimate of drug-likeness (QED) is 0.254. The molecule has 2 aliphatic rings. The lowest BCUT2D eigenvalue weighted by Gasteiger charge is -2.30.